The van der Waals surface area contributed by atoms with Crippen molar-refractivity contribution >= 4 is 11.8 Å². The molecule has 0 aliphatic heterocycles. The van der Waals surface area contributed by atoms with Gasteiger partial charge in [0.05, 0.1) is 24.1 Å². The van der Waals surface area contributed by atoms with Crippen LogP contribution in [-0.4, -0.2) is 41.7 Å². The molecule has 0 radical (unpaired) electrons. The molecular weight excluding hydrogens is 422 g/mol. The Kier molecular flexibility index (Phi) is 7.91. The summed E-state index contributed by atoms with van der Waals surface area (Å²) in [6.07, 6.45) is 6.34. The molecule has 3 rings (SSSR count). The summed E-state index contributed by atoms with van der Waals surface area (Å²) in [7, 11) is 0. The van der Waals surface area contributed by atoms with Crippen LogP contribution in [0.1, 0.15) is 57.0 Å². The number of alkyl halides is 4. The minimum Gasteiger partial charge on any atom is -0.493 e. The highest BCUT2D eigenvalue weighted by Crippen LogP contribution is 2.35. The lowest BCUT2D eigenvalue weighted by molar-refractivity contribution is -0.0857. The van der Waals surface area contributed by atoms with Gasteiger partial charge in [0, 0.05) is 30.7 Å². The molecule has 0 saturated heterocycles. The molecule has 8 heteroatoms. The number of aromatic nitrogens is 2. The first-order valence-corrected chi connectivity index (χ1v) is 10.7. The summed E-state index contributed by atoms with van der Waals surface area (Å²) in [4.78, 5) is 11.5. The number of halogens is 4. The summed E-state index contributed by atoms with van der Waals surface area (Å²) in [5, 5.41) is 0. The second kappa shape index (κ2) is 10.6. The molecule has 1 aromatic rings. The fraction of sp³-hybridized carbons (Fsp3) is 0.458. The lowest BCUT2D eigenvalue weighted by Crippen LogP contribution is -2.12. The standard InChI is InChI=1S/C24H27F4N3O/c1-3-19(24(26,27)28)14-29-11-4-12-32-22-10-8-17(6-5-16(22)2)21-15-30-23(31-21)18-7-9-20(25)13-18/h3,5,8,10,14-15,18,20H,4,7,9,11-13H2,1-2H3,(H,30,31)/b19-3+,29-14+. The van der Waals surface area contributed by atoms with Gasteiger partial charge in [0.1, 0.15) is 17.8 Å². The van der Waals surface area contributed by atoms with Crippen molar-refractivity contribution in [1.82, 2.24) is 9.97 Å². The second-order valence-corrected chi connectivity index (χ2v) is 7.85. The van der Waals surface area contributed by atoms with Crippen LogP contribution in [0.25, 0.3) is 5.57 Å². The molecule has 2 unspecified atom stereocenters. The number of nitrogens with zero attached hydrogens (tertiary/aromatic N) is 2. The number of aromatic amines is 1. The first-order chi connectivity index (χ1) is 15.3. The minimum absolute atomic E-state index is 0.125. The van der Waals surface area contributed by atoms with Crippen molar-refractivity contribution in [3.05, 3.63) is 64.7 Å². The molecule has 4 nitrogen and oxygen atoms in total. The van der Waals surface area contributed by atoms with Crippen LogP contribution in [0.2, 0.25) is 0 Å². The topological polar surface area (TPSA) is 50.3 Å². The van der Waals surface area contributed by atoms with Gasteiger partial charge in [-0.1, -0.05) is 6.08 Å². The minimum atomic E-state index is -4.39. The van der Waals surface area contributed by atoms with E-state index >= 15 is 0 Å². The zero-order chi connectivity index (χ0) is 23.1. The van der Waals surface area contributed by atoms with Crippen molar-refractivity contribution in [2.24, 2.45) is 4.99 Å². The Hall–Kier alpha value is -2.86. The predicted octanol–water partition coefficient (Wildman–Crippen LogP) is 6.38. The molecule has 172 valence electrons. The van der Waals surface area contributed by atoms with E-state index in [0.29, 0.717) is 31.6 Å². The fourth-order valence-corrected chi connectivity index (χ4v) is 3.59. The maximum absolute atomic E-state index is 13.5. The molecule has 1 heterocycles. The van der Waals surface area contributed by atoms with E-state index in [1.807, 2.05) is 25.2 Å². The van der Waals surface area contributed by atoms with E-state index in [-0.39, 0.29) is 12.5 Å². The zero-order valence-electron chi connectivity index (χ0n) is 18.2. The molecule has 1 N–H and O–H groups in total. The maximum atomic E-state index is 13.5. The Morgan fingerprint density at radius 1 is 1.34 bits per heavy atom. The van der Waals surface area contributed by atoms with E-state index in [4.69, 9.17) is 4.74 Å². The molecular formula is C24H27F4N3O. The van der Waals surface area contributed by atoms with Gasteiger partial charge >= 0.3 is 6.18 Å². The number of nitrogens with one attached hydrogen (secondary N) is 1. The average molecular weight is 449 g/mol. The van der Waals surface area contributed by atoms with Gasteiger partial charge in [0.2, 0.25) is 0 Å². The van der Waals surface area contributed by atoms with Gasteiger partial charge < -0.3 is 9.72 Å². The van der Waals surface area contributed by atoms with Crippen LogP contribution < -0.4 is 0 Å². The summed E-state index contributed by atoms with van der Waals surface area (Å²) < 4.78 is 57.2. The summed E-state index contributed by atoms with van der Waals surface area (Å²) in [5.41, 5.74) is 4.96. The van der Waals surface area contributed by atoms with Gasteiger partial charge in [-0.3, -0.25) is 4.99 Å². The summed E-state index contributed by atoms with van der Waals surface area (Å²) in [5.74, 6) is 1.59. The summed E-state index contributed by atoms with van der Waals surface area (Å²) >= 11 is 0. The SMILES string of the molecule is C/C=C(\C=N\CCCOC1=C(C)C=C=C(c2cnc(C3CCC(F)C3)[nH]2)C=C1)C(F)(F)F. The Morgan fingerprint density at radius 2 is 2.16 bits per heavy atom. The Bertz CT molecular complexity index is 991. The number of ether oxygens (including phenoxy) is 1. The Balaban J connectivity index is 1.51. The highest BCUT2D eigenvalue weighted by Gasteiger charge is 2.31. The maximum Gasteiger partial charge on any atom is 0.417 e. The summed E-state index contributed by atoms with van der Waals surface area (Å²) in [6.45, 7) is 3.79. The predicted molar refractivity (Wildman–Crippen MR) is 117 cm³/mol. The fourth-order valence-electron chi connectivity index (χ4n) is 3.59. The molecule has 32 heavy (non-hydrogen) atoms. The van der Waals surface area contributed by atoms with Crippen molar-refractivity contribution < 1.29 is 22.3 Å². The molecule has 1 fully saturated rings. The Labute approximate surface area is 185 Å². The molecule has 0 amide bonds. The van der Waals surface area contributed by atoms with Crippen molar-refractivity contribution in [2.45, 2.75) is 57.8 Å². The zero-order valence-corrected chi connectivity index (χ0v) is 18.2. The first-order valence-electron chi connectivity index (χ1n) is 10.7. The number of hydrogen-bond acceptors (Lipinski definition) is 3. The molecule has 2 aliphatic rings. The van der Waals surface area contributed by atoms with Crippen molar-refractivity contribution in [3.63, 3.8) is 0 Å². The van der Waals surface area contributed by atoms with Crippen LogP contribution in [0.15, 0.2) is 58.1 Å². The summed E-state index contributed by atoms with van der Waals surface area (Å²) in [6, 6.07) is 0. The van der Waals surface area contributed by atoms with E-state index in [9.17, 15) is 17.6 Å². The van der Waals surface area contributed by atoms with Crippen molar-refractivity contribution in [1.29, 1.82) is 0 Å². The molecule has 2 atom stereocenters. The highest BCUT2D eigenvalue weighted by atomic mass is 19.4. The first kappa shape index (κ1) is 23.8. The number of rotatable bonds is 8. The van der Waals surface area contributed by atoms with E-state index in [1.165, 1.54) is 6.92 Å². The van der Waals surface area contributed by atoms with E-state index in [0.717, 1.165) is 41.4 Å². The molecule has 0 bridgehead atoms. The largest absolute Gasteiger partial charge is 0.493 e. The van der Waals surface area contributed by atoms with Gasteiger partial charge in [-0.25, -0.2) is 9.37 Å². The van der Waals surface area contributed by atoms with Gasteiger partial charge in [-0.15, -0.1) is 5.73 Å². The van der Waals surface area contributed by atoms with Crippen LogP contribution in [0.4, 0.5) is 17.6 Å². The lowest BCUT2D eigenvalue weighted by atomic mass is 10.1. The van der Waals surface area contributed by atoms with Crippen molar-refractivity contribution in [2.75, 3.05) is 13.2 Å². The number of aliphatic imine (C=N–C) groups is 1. The third-order valence-electron chi connectivity index (χ3n) is 5.43. The molecule has 1 saturated carbocycles. The molecule has 0 spiro atoms. The average Bonchev–Trinajstić information content (AvgIpc) is 3.35. The normalized spacial score (nSPS) is 22.1. The van der Waals surface area contributed by atoms with E-state index < -0.39 is 17.9 Å². The van der Waals surface area contributed by atoms with Crippen LogP contribution in [0.3, 0.4) is 0 Å². The number of imidazole rings is 1. The lowest BCUT2D eigenvalue weighted by Gasteiger charge is -2.08. The number of hydrogen-bond donors (Lipinski definition) is 1. The van der Waals surface area contributed by atoms with Crippen LogP contribution >= 0.6 is 0 Å². The van der Waals surface area contributed by atoms with Gasteiger partial charge in [0.15, 0.2) is 0 Å². The van der Waals surface area contributed by atoms with Crippen LogP contribution in [0.5, 0.6) is 0 Å². The van der Waals surface area contributed by atoms with Crippen LogP contribution in [-0.2, 0) is 4.74 Å². The van der Waals surface area contributed by atoms with Crippen LogP contribution in [0, 0.1) is 0 Å². The van der Waals surface area contributed by atoms with E-state index in [2.05, 4.69) is 20.7 Å². The smallest absolute Gasteiger partial charge is 0.417 e. The van der Waals surface area contributed by atoms with Gasteiger partial charge in [-0.05, 0) is 56.9 Å². The Morgan fingerprint density at radius 3 is 2.84 bits per heavy atom. The van der Waals surface area contributed by atoms with Crippen molar-refractivity contribution in [3.8, 4) is 0 Å². The number of allylic oxidation sites excluding steroid dienone is 6. The third-order valence-corrected chi connectivity index (χ3v) is 5.43. The molecule has 1 aromatic heterocycles. The van der Waals surface area contributed by atoms with E-state index in [1.54, 1.807) is 6.20 Å². The monoisotopic (exact) mass is 449 g/mol. The number of H-pyrrole nitrogens is 1. The molecule has 2 aliphatic carbocycles. The van der Waals surface area contributed by atoms with Gasteiger partial charge in [-0.2, -0.15) is 13.2 Å². The molecule has 0 aromatic carbocycles. The highest BCUT2D eigenvalue weighted by molar-refractivity contribution is 5.80. The van der Waals surface area contributed by atoms with Gasteiger partial charge in [0.25, 0.3) is 0 Å². The third kappa shape index (κ3) is 6.33. The second-order valence-electron chi connectivity index (χ2n) is 7.85. The quantitative estimate of drug-likeness (QED) is 0.217.